The minimum absolute atomic E-state index is 0.229. The molecule has 1 heterocycles. The standard InChI is InChI=1S/C17H20N2O2/c1-4-12(2)13-5-7-14(8-6-13)21-15-9-10-19-16(11-15)17(20)18-3/h5-12H,4H2,1-3H3,(H,18,20). The molecule has 4 heteroatoms. The number of aromatic nitrogens is 1. The van der Waals surface area contributed by atoms with Crippen molar-refractivity contribution in [1.82, 2.24) is 10.3 Å². The van der Waals surface area contributed by atoms with Crippen molar-refractivity contribution < 1.29 is 9.53 Å². The predicted molar refractivity (Wildman–Crippen MR) is 82.8 cm³/mol. The lowest BCUT2D eigenvalue weighted by Gasteiger charge is -2.11. The molecule has 1 aromatic heterocycles. The van der Waals surface area contributed by atoms with E-state index in [4.69, 9.17) is 4.74 Å². The highest BCUT2D eigenvalue weighted by molar-refractivity contribution is 5.92. The van der Waals surface area contributed by atoms with Gasteiger partial charge in [-0.15, -0.1) is 0 Å². The molecule has 1 atom stereocenters. The zero-order valence-electron chi connectivity index (χ0n) is 12.6. The molecule has 21 heavy (non-hydrogen) atoms. The fourth-order valence-electron chi connectivity index (χ4n) is 1.96. The van der Waals surface area contributed by atoms with Gasteiger partial charge in [-0.1, -0.05) is 26.0 Å². The summed E-state index contributed by atoms with van der Waals surface area (Å²) in [5.74, 6) is 1.66. The van der Waals surface area contributed by atoms with Gasteiger partial charge in [-0.2, -0.15) is 0 Å². The van der Waals surface area contributed by atoms with Crippen molar-refractivity contribution in [1.29, 1.82) is 0 Å². The summed E-state index contributed by atoms with van der Waals surface area (Å²) in [6, 6.07) is 11.4. The molecule has 0 bridgehead atoms. The maximum Gasteiger partial charge on any atom is 0.269 e. The number of pyridine rings is 1. The third-order valence-corrected chi connectivity index (χ3v) is 3.49. The van der Waals surface area contributed by atoms with Crippen LogP contribution in [0, 0.1) is 0 Å². The van der Waals surface area contributed by atoms with E-state index in [-0.39, 0.29) is 5.91 Å². The molecule has 0 aliphatic heterocycles. The molecule has 0 radical (unpaired) electrons. The molecule has 0 aliphatic carbocycles. The number of carbonyl (C=O) groups excluding carboxylic acids is 1. The maximum atomic E-state index is 11.5. The van der Waals surface area contributed by atoms with Crippen LogP contribution < -0.4 is 10.1 Å². The first kappa shape index (κ1) is 15.0. The first-order valence-corrected chi connectivity index (χ1v) is 7.10. The fourth-order valence-corrected chi connectivity index (χ4v) is 1.96. The first-order chi connectivity index (χ1) is 10.1. The minimum atomic E-state index is -0.229. The van der Waals surface area contributed by atoms with Crippen molar-refractivity contribution in [2.75, 3.05) is 7.05 Å². The largest absolute Gasteiger partial charge is 0.457 e. The van der Waals surface area contributed by atoms with E-state index in [1.807, 2.05) is 12.1 Å². The maximum absolute atomic E-state index is 11.5. The van der Waals surface area contributed by atoms with Gasteiger partial charge in [0.15, 0.2) is 0 Å². The van der Waals surface area contributed by atoms with Gasteiger partial charge in [0.1, 0.15) is 17.2 Å². The Morgan fingerprint density at radius 2 is 1.95 bits per heavy atom. The second kappa shape index (κ2) is 6.88. The molecule has 1 N–H and O–H groups in total. The summed E-state index contributed by atoms with van der Waals surface area (Å²) in [5, 5.41) is 2.54. The van der Waals surface area contributed by atoms with Crippen LogP contribution in [0.2, 0.25) is 0 Å². The number of benzene rings is 1. The molecule has 2 aromatic rings. The molecular formula is C17H20N2O2. The summed E-state index contributed by atoms with van der Waals surface area (Å²) in [7, 11) is 1.57. The highest BCUT2D eigenvalue weighted by Crippen LogP contribution is 2.25. The monoisotopic (exact) mass is 284 g/mol. The molecule has 0 fully saturated rings. The van der Waals surface area contributed by atoms with Crippen LogP contribution >= 0.6 is 0 Å². The molecular weight excluding hydrogens is 264 g/mol. The van der Waals surface area contributed by atoms with Gasteiger partial charge in [0, 0.05) is 19.3 Å². The number of hydrogen-bond acceptors (Lipinski definition) is 3. The van der Waals surface area contributed by atoms with Crippen molar-refractivity contribution in [2.45, 2.75) is 26.2 Å². The number of nitrogens with one attached hydrogen (secondary N) is 1. The average Bonchev–Trinajstić information content (AvgIpc) is 2.54. The number of ether oxygens (including phenoxy) is 1. The van der Waals surface area contributed by atoms with Crippen LogP contribution in [0.4, 0.5) is 0 Å². The SMILES string of the molecule is CCC(C)c1ccc(Oc2ccnc(C(=O)NC)c2)cc1. The van der Waals surface area contributed by atoms with Gasteiger partial charge in [-0.25, -0.2) is 0 Å². The van der Waals surface area contributed by atoms with Gasteiger partial charge >= 0.3 is 0 Å². The zero-order valence-corrected chi connectivity index (χ0v) is 12.6. The third-order valence-electron chi connectivity index (χ3n) is 3.49. The number of amides is 1. The molecule has 1 amide bonds. The molecule has 0 saturated heterocycles. The lowest BCUT2D eigenvalue weighted by atomic mass is 9.99. The van der Waals surface area contributed by atoms with Crippen LogP contribution in [0.5, 0.6) is 11.5 Å². The second-order valence-corrected chi connectivity index (χ2v) is 4.94. The van der Waals surface area contributed by atoms with Crippen LogP contribution in [0.1, 0.15) is 42.2 Å². The Labute approximate surface area is 125 Å². The van der Waals surface area contributed by atoms with Gasteiger partial charge < -0.3 is 10.1 Å². The van der Waals surface area contributed by atoms with Crippen LogP contribution in [0.3, 0.4) is 0 Å². The summed E-state index contributed by atoms with van der Waals surface area (Å²) < 4.78 is 5.76. The van der Waals surface area contributed by atoms with Crippen molar-refractivity contribution >= 4 is 5.91 Å². The smallest absolute Gasteiger partial charge is 0.269 e. The van der Waals surface area contributed by atoms with E-state index in [1.165, 1.54) is 5.56 Å². The quantitative estimate of drug-likeness (QED) is 0.909. The lowest BCUT2D eigenvalue weighted by Crippen LogP contribution is -2.18. The van der Waals surface area contributed by atoms with Crippen molar-refractivity contribution in [2.24, 2.45) is 0 Å². The van der Waals surface area contributed by atoms with Crippen molar-refractivity contribution in [3.8, 4) is 11.5 Å². The molecule has 2 rings (SSSR count). The number of hydrogen-bond donors (Lipinski definition) is 1. The fraction of sp³-hybridized carbons (Fsp3) is 0.294. The Kier molecular flexibility index (Phi) is 4.93. The van der Waals surface area contributed by atoms with E-state index in [1.54, 1.807) is 25.4 Å². The summed E-state index contributed by atoms with van der Waals surface area (Å²) in [4.78, 5) is 15.5. The second-order valence-electron chi connectivity index (χ2n) is 4.94. The van der Waals surface area contributed by atoms with E-state index in [2.05, 4.69) is 36.3 Å². The van der Waals surface area contributed by atoms with Crippen LogP contribution in [-0.2, 0) is 0 Å². The Balaban J connectivity index is 2.13. The van der Waals surface area contributed by atoms with Crippen LogP contribution in [0.25, 0.3) is 0 Å². The Hall–Kier alpha value is -2.36. The highest BCUT2D eigenvalue weighted by Gasteiger charge is 2.07. The third kappa shape index (κ3) is 3.81. The van der Waals surface area contributed by atoms with Gasteiger partial charge in [-0.3, -0.25) is 9.78 Å². The molecule has 0 aliphatic rings. The Bertz CT molecular complexity index is 608. The van der Waals surface area contributed by atoms with Gasteiger partial charge in [0.2, 0.25) is 0 Å². The van der Waals surface area contributed by atoms with E-state index in [9.17, 15) is 4.79 Å². The summed E-state index contributed by atoms with van der Waals surface area (Å²) in [6.45, 7) is 4.38. The number of rotatable bonds is 5. The first-order valence-electron chi connectivity index (χ1n) is 7.10. The topological polar surface area (TPSA) is 51.2 Å². The molecule has 110 valence electrons. The molecule has 1 unspecified atom stereocenters. The van der Waals surface area contributed by atoms with Crippen molar-refractivity contribution in [3.05, 3.63) is 53.9 Å². The normalized spacial score (nSPS) is 11.8. The van der Waals surface area contributed by atoms with Gasteiger partial charge in [0.05, 0.1) is 0 Å². The van der Waals surface area contributed by atoms with E-state index in [0.717, 1.165) is 12.2 Å². The van der Waals surface area contributed by atoms with E-state index < -0.39 is 0 Å². The summed E-state index contributed by atoms with van der Waals surface area (Å²) in [6.07, 6.45) is 2.67. The Morgan fingerprint density at radius 3 is 2.57 bits per heavy atom. The number of nitrogens with zero attached hydrogens (tertiary/aromatic N) is 1. The zero-order chi connectivity index (χ0) is 15.2. The van der Waals surface area contributed by atoms with E-state index in [0.29, 0.717) is 17.4 Å². The minimum Gasteiger partial charge on any atom is -0.457 e. The number of carbonyl (C=O) groups is 1. The predicted octanol–water partition coefficient (Wildman–Crippen LogP) is 3.75. The van der Waals surface area contributed by atoms with Crippen LogP contribution in [0.15, 0.2) is 42.6 Å². The average molecular weight is 284 g/mol. The summed E-state index contributed by atoms with van der Waals surface area (Å²) in [5.41, 5.74) is 1.64. The van der Waals surface area contributed by atoms with Gasteiger partial charge in [0.25, 0.3) is 5.91 Å². The van der Waals surface area contributed by atoms with Crippen molar-refractivity contribution in [3.63, 3.8) is 0 Å². The molecule has 0 saturated carbocycles. The van der Waals surface area contributed by atoms with Crippen LogP contribution in [-0.4, -0.2) is 17.9 Å². The molecule has 0 spiro atoms. The summed E-state index contributed by atoms with van der Waals surface area (Å²) >= 11 is 0. The highest BCUT2D eigenvalue weighted by atomic mass is 16.5. The van der Waals surface area contributed by atoms with E-state index >= 15 is 0 Å². The van der Waals surface area contributed by atoms with Gasteiger partial charge in [-0.05, 0) is 36.1 Å². The molecule has 1 aromatic carbocycles. The molecule has 4 nitrogen and oxygen atoms in total. The lowest BCUT2D eigenvalue weighted by molar-refractivity contribution is 0.0958. The Morgan fingerprint density at radius 1 is 1.24 bits per heavy atom.